The molecule has 0 bridgehead atoms. The van der Waals surface area contributed by atoms with E-state index < -0.39 is 0 Å². The number of piperidine rings is 1. The summed E-state index contributed by atoms with van der Waals surface area (Å²) in [5.41, 5.74) is 0.706. The summed E-state index contributed by atoms with van der Waals surface area (Å²) in [6, 6.07) is 0.359. The predicted molar refractivity (Wildman–Crippen MR) is 73.8 cm³/mol. The minimum Gasteiger partial charge on any atom is -0.510 e. The molecule has 1 saturated heterocycles. The number of carbonyl (C=O) groups is 1. The zero-order valence-corrected chi connectivity index (χ0v) is 11.5. The first-order valence-electron chi connectivity index (χ1n) is 7.71. The molecule has 0 spiro atoms. The minimum absolute atomic E-state index is 0.109. The number of hydrogen-bond acceptors (Lipinski definition) is 3. The number of hydrogen-bond donors (Lipinski definition) is 2. The van der Waals surface area contributed by atoms with Gasteiger partial charge in [0.1, 0.15) is 5.76 Å². The van der Waals surface area contributed by atoms with Crippen molar-refractivity contribution in [3.8, 4) is 0 Å². The fraction of sp³-hybridized carbons (Fsp3) is 0.800. The Kier molecular flexibility index (Phi) is 3.78. The summed E-state index contributed by atoms with van der Waals surface area (Å²) in [7, 11) is 0. The Labute approximate surface area is 114 Å². The van der Waals surface area contributed by atoms with E-state index >= 15 is 0 Å². The highest BCUT2D eigenvalue weighted by Gasteiger charge is 2.39. The molecule has 3 rings (SSSR count). The van der Waals surface area contributed by atoms with E-state index in [1.54, 1.807) is 0 Å². The summed E-state index contributed by atoms with van der Waals surface area (Å²) in [5, 5.41) is 13.5. The molecule has 2 N–H and O–H groups in total. The minimum atomic E-state index is 0.109. The van der Waals surface area contributed by atoms with Crippen molar-refractivity contribution in [3.05, 3.63) is 11.3 Å². The first-order chi connectivity index (χ1) is 9.27. The van der Waals surface area contributed by atoms with Crippen LogP contribution in [0.25, 0.3) is 0 Å². The normalized spacial score (nSPS) is 30.2. The van der Waals surface area contributed by atoms with Crippen LogP contribution in [-0.2, 0) is 4.79 Å². The first-order valence-corrected chi connectivity index (χ1v) is 7.71. The van der Waals surface area contributed by atoms with Crippen LogP contribution >= 0.6 is 0 Å². The van der Waals surface area contributed by atoms with Crippen LogP contribution in [0.2, 0.25) is 0 Å². The zero-order chi connectivity index (χ0) is 13.2. The van der Waals surface area contributed by atoms with Crippen molar-refractivity contribution in [1.82, 2.24) is 10.2 Å². The van der Waals surface area contributed by atoms with Gasteiger partial charge in [0.15, 0.2) is 0 Å². The summed E-state index contributed by atoms with van der Waals surface area (Å²) in [6.45, 7) is 2.32. The highest BCUT2D eigenvalue weighted by Crippen LogP contribution is 2.33. The van der Waals surface area contributed by atoms with Crippen LogP contribution in [-0.4, -0.2) is 41.6 Å². The van der Waals surface area contributed by atoms with Gasteiger partial charge in [-0.1, -0.05) is 19.3 Å². The molecule has 1 atom stereocenters. The van der Waals surface area contributed by atoms with E-state index in [1.807, 2.05) is 4.90 Å². The maximum Gasteiger partial charge on any atom is 0.254 e. The van der Waals surface area contributed by atoms with Crippen molar-refractivity contribution >= 4 is 5.91 Å². The van der Waals surface area contributed by atoms with Crippen molar-refractivity contribution in [3.63, 3.8) is 0 Å². The molecule has 2 fully saturated rings. The summed E-state index contributed by atoms with van der Waals surface area (Å²) in [6.07, 6.45) is 8.06. The van der Waals surface area contributed by atoms with Crippen molar-refractivity contribution in [2.75, 3.05) is 19.6 Å². The third-order valence-corrected chi connectivity index (χ3v) is 4.84. The van der Waals surface area contributed by atoms with Crippen molar-refractivity contribution in [2.45, 2.75) is 51.0 Å². The molecule has 1 amide bonds. The standard InChI is InChI=1S/C15H24N2O2/c18-13-10-17(12-6-2-1-3-7-12)15(19)14(13)11-5-4-8-16-9-11/h11-12,16,18H,1-10H2. The molecule has 1 aliphatic carbocycles. The quantitative estimate of drug-likeness (QED) is 0.802. The third-order valence-electron chi connectivity index (χ3n) is 4.84. The van der Waals surface area contributed by atoms with Crippen molar-refractivity contribution in [2.24, 2.45) is 5.92 Å². The van der Waals surface area contributed by atoms with Crippen molar-refractivity contribution < 1.29 is 9.90 Å². The summed E-state index contributed by atoms with van der Waals surface area (Å²) >= 11 is 0. The number of amides is 1. The molecule has 4 heteroatoms. The lowest BCUT2D eigenvalue weighted by Crippen LogP contribution is -2.41. The molecule has 0 radical (unpaired) electrons. The molecular formula is C15H24N2O2. The number of carbonyl (C=O) groups excluding carboxylic acids is 1. The van der Waals surface area contributed by atoms with E-state index in [0.29, 0.717) is 23.9 Å². The lowest BCUT2D eigenvalue weighted by Gasteiger charge is -2.32. The van der Waals surface area contributed by atoms with Gasteiger partial charge >= 0.3 is 0 Å². The predicted octanol–water partition coefficient (Wildman–Crippen LogP) is 1.97. The summed E-state index contributed by atoms with van der Waals surface area (Å²) < 4.78 is 0. The van der Waals surface area contributed by atoms with Crippen molar-refractivity contribution in [1.29, 1.82) is 0 Å². The fourth-order valence-electron chi connectivity index (χ4n) is 3.79. The highest BCUT2D eigenvalue weighted by molar-refractivity contribution is 5.97. The maximum absolute atomic E-state index is 12.6. The second-order valence-corrected chi connectivity index (χ2v) is 6.13. The Morgan fingerprint density at radius 3 is 2.58 bits per heavy atom. The average Bonchev–Trinajstić information content (AvgIpc) is 2.76. The van der Waals surface area contributed by atoms with Gasteiger partial charge in [-0.15, -0.1) is 0 Å². The van der Waals surface area contributed by atoms with Gasteiger partial charge in [0.05, 0.1) is 12.1 Å². The molecule has 0 aromatic carbocycles. The van der Waals surface area contributed by atoms with Crippen LogP contribution in [0.3, 0.4) is 0 Å². The first kappa shape index (κ1) is 13.0. The zero-order valence-electron chi connectivity index (χ0n) is 11.5. The number of aliphatic hydroxyl groups is 1. The SMILES string of the molecule is O=C1C(C2CCCNC2)=C(O)CN1C1CCCCC1. The van der Waals surface area contributed by atoms with Gasteiger partial charge in [-0.2, -0.15) is 0 Å². The molecule has 106 valence electrons. The second-order valence-electron chi connectivity index (χ2n) is 6.13. The van der Waals surface area contributed by atoms with E-state index in [-0.39, 0.29) is 11.8 Å². The maximum atomic E-state index is 12.6. The van der Waals surface area contributed by atoms with Crippen LogP contribution < -0.4 is 5.32 Å². The van der Waals surface area contributed by atoms with Gasteiger partial charge in [-0.05, 0) is 32.2 Å². The third kappa shape index (κ3) is 2.50. The molecule has 19 heavy (non-hydrogen) atoms. The smallest absolute Gasteiger partial charge is 0.254 e. The Bertz CT molecular complexity index is 380. The molecule has 2 aliphatic heterocycles. The van der Waals surface area contributed by atoms with E-state index in [2.05, 4.69) is 5.32 Å². The average molecular weight is 264 g/mol. The molecule has 3 aliphatic rings. The molecule has 1 unspecified atom stereocenters. The number of aliphatic hydroxyl groups excluding tert-OH is 1. The Hall–Kier alpha value is -1.03. The van der Waals surface area contributed by atoms with Gasteiger partial charge in [-0.3, -0.25) is 4.79 Å². The van der Waals surface area contributed by atoms with E-state index in [4.69, 9.17) is 0 Å². The fourth-order valence-corrected chi connectivity index (χ4v) is 3.79. The molecule has 4 nitrogen and oxygen atoms in total. The lowest BCUT2D eigenvalue weighted by molar-refractivity contribution is -0.128. The summed E-state index contributed by atoms with van der Waals surface area (Å²) in [4.78, 5) is 14.5. The molecule has 2 heterocycles. The number of rotatable bonds is 2. The Balaban J connectivity index is 1.71. The monoisotopic (exact) mass is 264 g/mol. The molecule has 0 aromatic rings. The lowest BCUT2D eigenvalue weighted by atomic mass is 9.90. The van der Waals surface area contributed by atoms with Crippen LogP contribution in [0, 0.1) is 5.92 Å². The largest absolute Gasteiger partial charge is 0.510 e. The summed E-state index contributed by atoms with van der Waals surface area (Å²) in [5.74, 6) is 0.664. The molecular weight excluding hydrogens is 240 g/mol. The van der Waals surface area contributed by atoms with Crippen LogP contribution in [0.4, 0.5) is 0 Å². The number of nitrogens with one attached hydrogen (secondary N) is 1. The molecule has 0 aromatic heterocycles. The Morgan fingerprint density at radius 2 is 1.89 bits per heavy atom. The van der Waals surface area contributed by atoms with Gasteiger partial charge in [-0.25, -0.2) is 0 Å². The number of nitrogens with zero attached hydrogens (tertiary/aromatic N) is 1. The second kappa shape index (κ2) is 5.53. The van der Waals surface area contributed by atoms with E-state index in [1.165, 1.54) is 19.3 Å². The van der Waals surface area contributed by atoms with E-state index in [9.17, 15) is 9.90 Å². The van der Waals surface area contributed by atoms with E-state index in [0.717, 1.165) is 38.8 Å². The van der Waals surface area contributed by atoms with Gasteiger partial charge in [0.25, 0.3) is 5.91 Å². The van der Waals surface area contributed by atoms with Gasteiger partial charge < -0.3 is 15.3 Å². The topological polar surface area (TPSA) is 52.6 Å². The van der Waals surface area contributed by atoms with Crippen LogP contribution in [0.5, 0.6) is 0 Å². The highest BCUT2D eigenvalue weighted by atomic mass is 16.3. The van der Waals surface area contributed by atoms with Crippen LogP contribution in [0.1, 0.15) is 44.9 Å². The molecule has 1 saturated carbocycles. The van der Waals surface area contributed by atoms with Gasteiger partial charge in [0.2, 0.25) is 0 Å². The van der Waals surface area contributed by atoms with Crippen LogP contribution in [0.15, 0.2) is 11.3 Å². The Morgan fingerprint density at radius 1 is 1.11 bits per heavy atom. The van der Waals surface area contributed by atoms with Gasteiger partial charge in [0, 0.05) is 18.5 Å².